The second-order valence-corrected chi connectivity index (χ2v) is 4.85. The summed E-state index contributed by atoms with van der Waals surface area (Å²) in [7, 11) is 1.84. The van der Waals surface area contributed by atoms with Crippen LogP contribution >= 0.6 is 0 Å². The third-order valence-corrected chi connectivity index (χ3v) is 3.46. The molecule has 1 fully saturated rings. The normalized spacial score (nSPS) is 16.6. The predicted molar refractivity (Wildman–Crippen MR) is 86.6 cm³/mol. The average molecular weight is 288 g/mol. The van der Waals surface area contributed by atoms with Crippen LogP contribution in [0.25, 0.3) is 0 Å². The van der Waals surface area contributed by atoms with Crippen LogP contribution in [0.3, 0.4) is 0 Å². The minimum Gasteiger partial charge on any atom is -0.356 e. The van der Waals surface area contributed by atoms with Crippen molar-refractivity contribution >= 4 is 11.9 Å². The first-order valence-corrected chi connectivity index (χ1v) is 7.44. The van der Waals surface area contributed by atoms with Crippen molar-refractivity contribution in [3.05, 3.63) is 30.6 Å². The number of anilines is 1. The molecule has 1 aromatic heterocycles. The van der Waals surface area contributed by atoms with E-state index in [-0.39, 0.29) is 0 Å². The molecular formula is C15H24N6. The maximum atomic E-state index is 4.36. The molecule has 2 heterocycles. The lowest BCUT2D eigenvalue weighted by molar-refractivity contribution is 0.370. The Morgan fingerprint density at radius 2 is 2.00 bits per heavy atom. The quantitative estimate of drug-likeness (QED) is 0.390. The molecule has 6 heteroatoms. The van der Waals surface area contributed by atoms with Crippen LogP contribution in [-0.4, -0.2) is 60.6 Å². The molecule has 0 radical (unpaired) electrons. The molecule has 0 saturated carbocycles. The Hall–Kier alpha value is -2.11. The van der Waals surface area contributed by atoms with Crippen molar-refractivity contribution in [1.29, 1.82) is 0 Å². The lowest BCUT2D eigenvalue weighted by Crippen LogP contribution is -2.53. The van der Waals surface area contributed by atoms with Gasteiger partial charge >= 0.3 is 0 Å². The molecule has 0 unspecified atom stereocenters. The fourth-order valence-corrected chi connectivity index (χ4v) is 2.34. The molecule has 0 aromatic carbocycles. The fourth-order valence-electron chi connectivity index (χ4n) is 2.34. The smallest absolute Gasteiger partial charge is 0.225 e. The summed E-state index contributed by atoms with van der Waals surface area (Å²) in [5.74, 6) is 1.79. The SMILES string of the molecule is CC=CCCNC(=NC)N1CCN(c2ncccn2)CC1. The highest BCUT2D eigenvalue weighted by molar-refractivity contribution is 5.80. The summed E-state index contributed by atoms with van der Waals surface area (Å²) in [6.45, 7) is 6.65. The molecule has 0 aliphatic carbocycles. The topological polar surface area (TPSA) is 56.7 Å². The van der Waals surface area contributed by atoms with Crippen LogP contribution in [0.15, 0.2) is 35.6 Å². The van der Waals surface area contributed by atoms with Crippen molar-refractivity contribution < 1.29 is 0 Å². The summed E-state index contributed by atoms with van der Waals surface area (Å²) in [5, 5.41) is 3.40. The van der Waals surface area contributed by atoms with E-state index < -0.39 is 0 Å². The number of hydrogen-bond donors (Lipinski definition) is 1. The predicted octanol–water partition coefficient (Wildman–Crippen LogP) is 1.14. The van der Waals surface area contributed by atoms with Gasteiger partial charge in [-0.3, -0.25) is 4.99 Å². The Bertz CT molecular complexity index is 462. The fraction of sp³-hybridized carbons (Fsp3) is 0.533. The van der Waals surface area contributed by atoms with Gasteiger partial charge in [0.15, 0.2) is 5.96 Å². The largest absolute Gasteiger partial charge is 0.356 e. The van der Waals surface area contributed by atoms with Gasteiger partial charge in [0, 0.05) is 52.2 Å². The highest BCUT2D eigenvalue weighted by atomic mass is 15.4. The van der Waals surface area contributed by atoms with Crippen LogP contribution in [0.4, 0.5) is 5.95 Å². The summed E-state index contributed by atoms with van der Waals surface area (Å²) < 4.78 is 0. The zero-order chi connectivity index (χ0) is 14.9. The van der Waals surface area contributed by atoms with Gasteiger partial charge in [0.25, 0.3) is 0 Å². The summed E-state index contributed by atoms with van der Waals surface area (Å²) in [5.41, 5.74) is 0. The Labute approximate surface area is 126 Å². The Morgan fingerprint density at radius 3 is 2.62 bits per heavy atom. The van der Waals surface area contributed by atoms with Crippen LogP contribution in [0.5, 0.6) is 0 Å². The number of aromatic nitrogens is 2. The van der Waals surface area contributed by atoms with Gasteiger partial charge in [-0.1, -0.05) is 12.2 Å². The molecule has 1 N–H and O–H groups in total. The monoisotopic (exact) mass is 288 g/mol. The van der Waals surface area contributed by atoms with Crippen LogP contribution in [0.2, 0.25) is 0 Å². The lowest BCUT2D eigenvalue weighted by Gasteiger charge is -2.36. The van der Waals surface area contributed by atoms with Crippen LogP contribution in [0.1, 0.15) is 13.3 Å². The zero-order valence-corrected chi connectivity index (χ0v) is 12.9. The van der Waals surface area contributed by atoms with Gasteiger partial charge in [0.2, 0.25) is 5.95 Å². The van der Waals surface area contributed by atoms with E-state index in [4.69, 9.17) is 0 Å². The van der Waals surface area contributed by atoms with E-state index in [0.717, 1.165) is 51.1 Å². The highest BCUT2D eigenvalue weighted by Gasteiger charge is 2.20. The maximum absolute atomic E-state index is 4.36. The number of allylic oxidation sites excluding steroid dienone is 1. The summed E-state index contributed by atoms with van der Waals surface area (Å²) in [4.78, 5) is 17.5. The second kappa shape index (κ2) is 8.24. The van der Waals surface area contributed by atoms with Crippen molar-refractivity contribution in [3.63, 3.8) is 0 Å². The van der Waals surface area contributed by atoms with Gasteiger partial charge in [-0.2, -0.15) is 0 Å². The third kappa shape index (κ3) is 4.44. The Morgan fingerprint density at radius 1 is 1.29 bits per heavy atom. The number of piperazine rings is 1. The molecule has 0 atom stereocenters. The molecular weight excluding hydrogens is 264 g/mol. The average Bonchev–Trinajstić information content (AvgIpc) is 2.56. The van der Waals surface area contributed by atoms with E-state index in [1.165, 1.54) is 0 Å². The molecule has 1 aliphatic rings. The lowest BCUT2D eigenvalue weighted by atomic mass is 10.3. The number of aliphatic imine (C=N–C) groups is 1. The molecule has 0 spiro atoms. The van der Waals surface area contributed by atoms with Crippen molar-refractivity contribution in [2.24, 2.45) is 4.99 Å². The summed E-state index contributed by atoms with van der Waals surface area (Å²) in [6.07, 6.45) is 8.83. The Balaban J connectivity index is 1.82. The van der Waals surface area contributed by atoms with Crippen molar-refractivity contribution in [1.82, 2.24) is 20.2 Å². The number of guanidine groups is 1. The third-order valence-electron chi connectivity index (χ3n) is 3.46. The number of nitrogens with one attached hydrogen (secondary N) is 1. The first kappa shape index (κ1) is 15.3. The van der Waals surface area contributed by atoms with Gasteiger partial charge in [-0.05, 0) is 19.4 Å². The Kier molecular flexibility index (Phi) is 5.99. The highest BCUT2D eigenvalue weighted by Crippen LogP contribution is 2.09. The first-order valence-electron chi connectivity index (χ1n) is 7.44. The summed E-state index contributed by atoms with van der Waals surface area (Å²) in [6, 6.07) is 1.84. The molecule has 21 heavy (non-hydrogen) atoms. The summed E-state index contributed by atoms with van der Waals surface area (Å²) >= 11 is 0. The van der Waals surface area contributed by atoms with Crippen molar-refractivity contribution in [3.8, 4) is 0 Å². The number of rotatable bonds is 4. The minimum absolute atomic E-state index is 0.813. The standard InChI is InChI=1S/C15H24N6/c1-3-4-5-7-17-14(16-2)20-10-12-21(13-11-20)15-18-8-6-9-19-15/h3-4,6,8-9H,5,7,10-13H2,1-2H3,(H,16,17). The molecule has 2 rings (SSSR count). The molecule has 114 valence electrons. The zero-order valence-electron chi connectivity index (χ0n) is 12.9. The van der Waals surface area contributed by atoms with Gasteiger partial charge in [0.05, 0.1) is 0 Å². The van der Waals surface area contributed by atoms with Gasteiger partial charge in [-0.15, -0.1) is 0 Å². The molecule has 6 nitrogen and oxygen atoms in total. The molecule has 1 saturated heterocycles. The van der Waals surface area contributed by atoms with Gasteiger partial charge < -0.3 is 15.1 Å². The van der Waals surface area contributed by atoms with Crippen LogP contribution in [0, 0.1) is 0 Å². The second-order valence-electron chi connectivity index (χ2n) is 4.85. The molecule has 0 bridgehead atoms. The molecule has 0 amide bonds. The van der Waals surface area contributed by atoms with E-state index in [1.54, 1.807) is 12.4 Å². The van der Waals surface area contributed by atoms with Crippen molar-refractivity contribution in [2.45, 2.75) is 13.3 Å². The van der Waals surface area contributed by atoms with E-state index in [1.807, 2.05) is 20.0 Å². The van der Waals surface area contributed by atoms with E-state index >= 15 is 0 Å². The minimum atomic E-state index is 0.813. The van der Waals surface area contributed by atoms with E-state index in [0.29, 0.717) is 0 Å². The first-order chi connectivity index (χ1) is 10.3. The van der Waals surface area contributed by atoms with Crippen LogP contribution < -0.4 is 10.2 Å². The van der Waals surface area contributed by atoms with Gasteiger partial charge in [0.1, 0.15) is 0 Å². The van der Waals surface area contributed by atoms with E-state index in [2.05, 4.69) is 42.2 Å². The van der Waals surface area contributed by atoms with Crippen LogP contribution in [-0.2, 0) is 0 Å². The van der Waals surface area contributed by atoms with Crippen molar-refractivity contribution in [2.75, 3.05) is 44.7 Å². The molecule has 1 aliphatic heterocycles. The number of nitrogens with zero attached hydrogens (tertiary/aromatic N) is 5. The number of hydrogen-bond acceptors (Lipinski definition) is 4. The van der Waals surface area contributed by atoms with E-state index in [9.17, 15) is 0 Å². The van der Waals surface area contributed by atoms with Gasteiger partial charge in [-0.25, -0.2) is 9.97 Å². The molecule has 1 aromatic rings. The maximum Gasteiger partial charge on any atom is 0.225 e.